The van der Waals surface area contributed by atoms with Crippen LogP contribution in [0.1, 0.15) is 38.9 Å². The Morgan fingerprint density at radius 2 is 2.23 bits per heavy atom. The molecule has 3 atom stereocenters. The molecule has 3 fully saturated rings. The van der Waals surface area contributed by atoms with Crippen LogP contribution in [0.3, 0.4) is 0 Å². The molecular weight excluding hydrogens is 332 g/mol. The number of nitrogens with one attached hydrogen (secondary N) is 2. The van der Waals surface area contributed by atoms with Gasteiger partial charge in [-0.15, -0.1) is 0 Å². The summed E-state index contributed by atoms with van der Waals surface area (Å²) in [5.74, 6) is 0.710. The van der Waals surface area contributed by atoms with Gasteiger partial charge in [-0.05, 0) is 24.5 Å². The lowest BCUT2D eigenvalue weighted by Gasteiger charge is -2.35. The van der Waals surface area contributed by atoms with Crippen LogP contribution in [0.15, 0.2) is 41.3 Å². The van der Waals surface area contributed by atoms with Crippen LogP contribution in [0, 0.1) is 5.92 Å². The standard InChI is InChI=1S/C19H18N4O3/c1-20-18(24)16-17(26-9-22-16)14-11-7-13(14)23(8-11)19(25)12-4-2-3-10-5-6-21-15(10)12/h2-6,9,11,13-14,21H,7-8H2,1H3,(H,20,24). The van der Waals surface area contributed by atoms with Crippen LogP contribution in [0.5, 0.6) is 0 Å². The minimum atomic E-state index is -0.255. The first-order chi connectivity index (χ1) is 12.7. The molecule has 1 saturated carbocycles. The number of rotatable bonds is 3. The number of aromatic amines is 1. The predicted molar refractivity (Wildman–Crippen MR) is 93.9 cm³/mol. The molecule has 2 bridgehead atoms. The van der Waals surface area contributed by atoms with Crippen molar-refractivity contribution in [1.82, 2.24) is 20.2 Å². The summed E-state index contributed by atoms with van der Waals surface area (Å²) in [4.78, 5) is 34.3. The van der Waals surface area contributed by atoms with Crippen LogP contribution < -0.4 is 5.32 Å². The van der Waals surface area contributed by atoms with Crippen molar-refractivity contribution in [3.8, 4) is 0 Å². The van der Waals surface area contributed by atoms with Gasteiger partial charge in [0, 0.05) is 37.1 Å². The Bertz CT molecular complexity index is 1020. The highest BCUT2D eigenvalue weighted by Crippen LogP contribution is 2.53. The Morgan fingerprint density at radius 3 is 3.08 bits per heavy atom. The lowest BCUT2D eigenvalue weighted by atomic mass is 9.72. The lowest BCUT2D eigenvalue weighted by molar-refractivity contribution is 0.0731. The molecule has 1 aromatic carbocycles. The molecule has 3 aliphatic rings. The molecule has 3 aromatic rings. The van der Waals surface area contributed by atoms with Crippen molar-refractivity contribution < 1.29 is 14.0 Å². The average molecular weight is 350 g/mol. The normalized spacial score (nSPS) is 23.9. The quantitative estimate of drug-likeness (QED) is 0.757. The molecule has 2 amide bonds. The Kier molecular flexibility index (Phi) is 3.19. The molecule has 4 heterocycles. The zero-order chi connectivity index (χ0) is 17.8. The molecule has 7 nitrogen and oxygen atoms in total. The van der Waals surface area contributed by atoms with Gasteiger partial charge in [0.25, 0.3) is 11.8 Å². The minimum absolute atomic E-state index is 0.0223. The van der Waals surface area contributed by atoms with Crippen molar-refractivity contribution in [2.45, 2.75) is 18.4 Å². The van der Waals surface area contributed by atoms with E-state index in [9.17, 15) is 9.59 Å². The maximum absolute atomic E-state index is 13.2. The maximum Gasteiger partial charge on any atom is 0.273 e. The first kappa shape index (κ1) is 15.2. The Balaban J connectivity index is 1.46. The van der Waals surface area contributed by atoms with Crippen molar-refractivity contribution in [3.05, 3.63) is 53.9 Å². The van der Waals surface area contributed by atoms with Crippen LogP contribution in [-0.2, 0) is 0 Å². The van der Waals surface area contributed by atoms with Gasteiger partial charge in [0.2, 0.25) is 0 Å². The van der Waals surface area contributed by atoms with Gasteiger partial charge < -0.3 is 19.6 Å². The summed E-state index contributed by atoms with van der Waals surface area (Å²) in [6, 6.07) is 7.76. The van der Waals surface area contributed by atoms with Crippen LogP contribution in [-0.4, -0.2) is 46.3 Å². The molecule has 132 valence electrons. The van der Waals surface area contributed by atoms with E-state index in [-0.39, 0.29) is 23.8 Å². The van der Waals surface area contributed by atoms with Gasteiger partial charge in [0.15, 0.2) is 12.1 Å². The molecule has 1 aliphatic carbocycles. The summed E-state index contributed by atoms with van der Waals surface area (Å²) >= 11 is 0. The zero-order valence-electron chi connectivity index (χ0n) is 14.2. The Morgan fingerprint density at radius 1 is 1.35 bits per heavy atom. The van der Waals surface area contributed by atoms with Crippen LogP contribution in [0.4, 0.5) is 0 Å². The van der Waals surface area contributed by atoms with Gasteiger partial charge in [0.1, 0.15) is 5.76 Å². The number of aromatic nitrogens is 2. The van der Waals surface area contributed by atoms with Gasteiger partial charge in [-0.3, -0.25) is 9.59 Å². The molecule has 2 saturated heterocycles. The van der Waals surface area contributed by atoms with E-state index in [0.29, 0.717) is 29.5 Å². The fourth-order valence-corrected chi connectivity index (χ4v) is 4.44. The number of nitrogens with zero attached hydrogens (tertiary/aromatic N) is 2. The topological polar surface area (TPSA) is 91.2 Å². The molecule has 2 aromatic heterocycles. The molecule has 7 heteroatoms. The number of hydrogen-bond donors (Lipinski definition) is 2. The van der Waals surface area contributed by atoms with Gasteiger partial charge in [-0.2, -0.15) is 0 Å². The van der Waals surface area contributed by atoms with Gasteiger partial charge in [-0.25, -0.2) is 4.98 Å². The second-order valence-corrected chi connectivity index (χ2v) is 6.94. The first-order valence-electron chi connectivity index (χ1n) is 8.71. The molecule has 2 N–H and O–H groups in total. The van der Waals surface area contributed by atoms with Crippen LogP contribution in [0.25, 0.3) is 10.9 Å². The van der Waals surface area contributed by atoms with E-state index in [0.717, 1.165) is 17.3 Å². The number of hydrogen-bond acceptors (Lipinski definition) is 4. The van der Waals surface area contributed by atoms with Crippen molar-refractivity contribution in [1.29, 1.82) is 0 Å². The minimum Gasteiger partial charge on any atom is -0.447 e. The highest BCUT2D eigenvalue weighted by Gasteiger charge is 2.56. The number of fused-ring (bicyclic) bond motifs is 2. The number of para-hydroxylation sites is 1. The molecule has 26 heavy (non-hydrogen) atoms. The SMILES string of the molecule is CNC(=O)c1ncoc1C1C2CC1N(C(=O)c1cccc3cc[nH]c13)C2. The predicted octanol–water partition coefficient (Wildman–Crippen LogP) is 2.14. The molecule has 0 spiro atoms. The van der Waals surface area contributed by atoms with E-state index >= 15 is 0 Å². The number of benzene rings is 1. The molecule has 0 radical (unpaired) electrons. The van der Waals surface area contributed by atoms with Crippen LogP contribution in [0.2, 0.25) is 0 Å². The highest BCUT2D eigenvalue weighted by molar-refractivity contribution is 6.06. The van der Waals surface area contributed by atoms with E-state index in [1.807, 2.05) is 35.4 Å². The fourth-order valence-electron chi connectivity index (χ4n) is 4.44. The van der Waals surface area contributed by atoms with Gasteiger partial charge in [-0.1, -0.05) is 12.1 Å². The average Bonchev–Trinajstić information content (AvgIpc) is 3.41. The molecule has 3 unspecified atom stereocenters. The first-order valence-corrected chi connectivity index (χ1v) is 8.71. The third-order valence-corrected chi connectivity index (χ3v) is 5.72. The van der Waals surface area contributed by atoms with Crippen LogP contribution >= 0.6 is 0 Å². The largest absolute Gasteiger partial charge is 0.447 e. The summed E-state index contributed by atoms with van der Waals surface area (Å²) in [6.07, 6.45) is 4.09. The van der Waals surface area contributed by atoms with Gasteiger partial charge >= 0.3 is 0 Å². The summed E-state index contributed by atoms with van der Waals surface area (Å²) in [6.45, 7) is 0.680. The number of amides is 2. The summed E-state index contributed by atoms with van der Waals surface area (Å²) in [7, 11) is 1.57. The van der Waals surface area contributed by atoms with Gasteiger partial charge in [0.05, 0.1) is 11.1 Å². The second kappa shape index (κ2) is 5.45. The third kappa shape index (κ3) is 1.97. The molecular formula is C19H18N4O3. The maximum atomic E-state index is 13.2. The number of carbonyl (C=O) groups excluding carboxylic acids is 2. The Hall–Kier alpha value is -3.09. The van der Waals surface area contributed by atoms with E-state index in [4.69, 9.17) is 4.42 Å². The Labute approximate surface area is 149 Å². The molecule has 2 aliphatic heterocycles. The number of carbonyl (C=O) groups is 2. The van der Waals surface area contributed by atoms with E-state index < -0.39 is 0 Å². The highest BCUT2D eigenvalue weighted by atomic mass is 16.3. The van der Waals surface area contributed by atoms with Crippen molar-refractivity contribution in [3.63, 3.8) is 0 Å². The van der Waals surface area contributed by atoms with E-state index in [1.54, 1.807) is 7.05 Å². The van der Waals surface area contributed by atoms with Crippen molar-refractivity contribution in [2.24, 2.45) is 5.92 Å². The summed E-state index contributed by atoms with van der Waals surface area (Å²) in [5.41, 5.74) is 1.87. The van der Waals surface area contributed by atoms with E-state index in [2.05, 4.69) is 15.3 Å². The van der Waals surface area contributed by atoms with E-state index in [1.165, 1.54) is 6.39 Å². The lowest BCUT2D eigenvalue weighted by Crippen LogP contribution is -2.40. The van der Waals surface area contributed by atoms with Crippen molar-refractivity contribution in [2.75, 3.05) is 13.6 Å². The van der Waals surface area contributed by atoms with Crippen molar-refractivity contribution >= 4 is 22.7 Å². The fraction of sp³-hybridized carbons (Fsp3) is 0.316. The number of H-pyrrole nitrogens is 1. The summed E-state index contributed by atoms with van der Waals surface area (Å²) in [5, 5.41) is 3.62. The third-order valence-electron chi connectivity index (χ3n) is 5.72. The smallest absolute Gasteiger partial charge is 0.273 e. The second-order valence-electron chi connectivity index (χ2n) is 6.94. The monoisotopic (exact) mass is 350 g/mol. The summed E-state index contributed by atoms with van der Waals surface area (Å²) < 4.78 is 5.55. The zero-order valence-corrected chi connectivity index (χ0v) is 14.2. The number of oxazole rings is 1. The molecule has 6 rings (SSSR count).